The topological polar surface area (TPSA) is 66.5 Å². The highest BCUT2D eigenvalue weighted by molar-refractivity contribution is 6.01. The van der Waals surface area contributed by atoms with Gasteiger partial charge in [-0.25, -0.2) is 9.67 Å². The van der Waals surface area contributed by atoms with Crippen molar-refractivity contribution in [1.82, 2.24) is 19.7 Å². The van der Waals surface area contributed by atoms with E-state index in [-0.39, 0.29) is 5.56 Å². The van der Waals surface area contributed by atoms with Gasteiger partial charge >= 0.3 is 0 Å². The Balaban J connectivity index is 2.14. The van der Waals surface area contributed by atoms with Gasteiger partial charge in [0.25, 0.3) is 5.56 Å². The lowest BCUT2D eigenvalue weighted by Gasteiger charge is -1.99. The number of hydrogen-bond acceptors (Lipinski definition) is 2. The van der Waals surface area contributed by atoms with E-state index in [1.807, 2.05) is 42.6 Å². The molecule has 19 heavy (non-hydrogen) atoms. The van der Waals surface area contributed by atoms with Crippen LogP contribution in [0.1, 0.15) is 0 Å². The summed E-state index contributed by atoms with van der Waals surface area (Å²) < 4.78 is 1.54. The predicted octanol–water partition coefficient (Wildman–Crippen LogP) is 2.20. The summed E-state index contributed by atoms with van der Waals surface area (Å²) in [6.45, 7) is 0. The summed E-state index contributed by atoms with van der Waals surface area (Å²) >= 11 is 0. The van der Waals surface area contributed by atoms with Gasteiger partial charge in [-0.3, -0.25) is 9.89 Å². The summed E-state index contributed by atoms with van der Waals surface area (Å²) in [5.74, 6) is 0. The minimum atomic E-state index is -0.0863. The van der Waals surface area contributed by atoms with Crippen molar-refractivity contribution in [3.8, 4) is 5.69 Å². The van der Waals surface area contributed by atoms with Crippen LogP contribution in [0, 0.1) is 0 Å². The molecular weight excluding hydrogens is 240 g/mol. The maximum absolute atomic E-state index is 12.4. The zero-order valence-electron chi connectivity index (χ0n) is 9.92. The fraction of sp³-hybridized carbons (Fsp3) is 0. The lowest BCUT2D eigenvalue weighted by molar-refractivity contribution is 0.865. The normalized spacial score (nSPS) is 11.4. The van der Waals surface area contributed by atoms with Crippen molar-refractivity contribution < 1.29 is 0 Å². The first-order chi connectivity index (χ1) is 9.34. The molecule has 92 valence electrons. The summed E-state index contributed by atoms with van der Waals surface area (Å²) in [6.07, 6.45) is 3.42. The van der Waals surface area contributed by atoms with Crippen molar-refractivity contribution in [1.29, 1.82) is 0 Å². The van der Waals surface area contributed by atoms with Gasteiger partial charge in [0.1, 0.15) is 5.65 Å². The zero-order chi connectivity index (χ0) is 12.8. The first-order valence-electron chi connectivity index (χ1n) is 5.97. The lowest BCUT2D eigenvalue weighted by Crippen LogP contribution is -2.13. The molecule has 3 heterocycles. The summed E-state index contributed by atoms with van der Waals surface area (Å²) in [5.41, 5.74) is 2.30. The third-order valence-electron chi connectivity index (χ3n) is 3.26. The fourth-order valence-electron chi connectivity index (χ4n) is 2.33. The van der Waals surface area contributed by atoms with Gasteiger partial charge < -0.3 is 4.98 Å². The van der Waals surface area contributed by atoms with Crippen LogP contribution < -0.4 is 5.56 Å². The Morgan fingerprint density at radius 2 is 1.89 bits per heavy atom. The highest BCUT2D eigenvalue weighted by Gasteiger charge is 2.11. The Kier molecular flexibility index (Phi) is 1.91. The van der Waals surface area contributed by atoms with Gasteiger partial charge in [-0.15, -0.1) is 0 Å². The van der Waals surface area contributed by atoms with Crippen molar-refractivity contribution >= 4 is 21.9 Å². The fourth-order valence-corrected chi connectivity index (χ4v) is 2.33. The van der Waals surface area contributed by atoms with Gasteiger partial charge in [-0.05, 0) is 18.2 Å². The minimum Gasteiger partial charge on any atom is -0.346 e. The summed E-state index contributed by atoms with van der Waals surface area (Å²) in [7, 11) is 0. The average molecular weight is 250 g/mol. The first kappa shape index (κ1) is 10.1. The highest BCUT2D eigenvalue weighted by atomic mass is 16.1. The van der Waals surface area contributed by atoms with Gasteiger partial charge in [-0.1, -0.05) is 18.2 Å². The quantitative estimate of drug-likeness (QED) is 0.544. The Hall–Kier alpha value is -2.82. The van der Waals surface area contributed by atoms with Gasteiger partial charge in [-0.2, -0.15) is 0 Å². The number of rotatable bonds is 1. The molecule has 0 aliphatic carbocycles. The molecule has 4 rings (SSSR count). The molecule has 0 fully saturated rings. The standard InChI is InChI=1S/C14H10N4O/c19-14-11-8-16-13-10(6-7-15-13)12(11)17-18(14)9-4-2-1-3-5-9/h1-8,17H,(H,15,16). The lowest BCUT2D eigenvalue weighted by atomic mass is 10.2. The number of pyridine rings is 1. The molecule has 5 heteroatoms. The maximum Gasteiger partial charge on any atom is 0.280 e. The Bertz CT molecular complexity index is 930. The summed E-state index contributed by atoms with van der Waals surface area (Å²) in [5, 5.41) is 4.67. The number of benzene rings is 1. The van der Waals surface area contributed by atoms with Gasteiger partial charge in [0, 0.05) is 17.8 Å². The average Bonchev–Trinajstić information content (AvgIpc) is 3.04. The van der Waals surface area contributed by atoms with E-state index in [4.69, 9.17) is 0 Å². The molecular formula is C14H10N4O. The second-order valence-corrected chi connectivity index (χ2v) is 4.37. The molecule has 0 amide bonds. The molecule has 4 aromatic rings. The van der Waals surface area contributed by atoms with E-state index in [2.05, 4.69) is 15.1 Å². The molecule has 0 unspecified atom stereocenters. The SMILES string of the molecule is O=c1c2cnc3[nH]ccc3c2[nH]n1-c1ccccc1. The van der Waals surface area contributed by atoms with E-state index in [0.29, 0.717) is 5.39 Å². The second kappa shape index (κ2) is 3.58. The molecule has 0 atom stereocenters. The van der Waals surface area contributed by atoms with Crippen LogP contribution in [-0.2, 0) is 0 Å². The Morgan fingerprint density at radius 3 is 2.74 bits per heavy atom. The number of nitrogens with one attached hydrogen (secondary N) is 2. The number of aromatic amines is 2. The molecule has 5 nitrogen and oxygen atoms in total. The van der Waals surface area contributed by atoms with Gasteiger partial charge in [0.05, 0.1) is 16.6 Å². The van der Waals surface area contributed by atoms with Crippen molar-refractivity contribution in [2.24, 2.45) is 0 Å². The molecule has 0 aliphatic rings. The van der Waals surface area contributed by atoms with Crippen LogP contribution in [0.5, 0.6) is 0 Å². The van der Waals surface area contributed by atoms with Crippen LogP contribution in [0.3, 0.4) is 0 Å². The van der Waals surface area contributed by atoms with Crippen molar-refractivity contribution in [3.05, 3.63) is 59.1 Å². The number of nitrogens with zero attached hydrogens (tertiary/aromatic N) is 2. The second-order valence-electron chi connectivity index (χ2n) is 4.37. The van der Waals surface area contributed by atoms with Crippen LogP contribution in [0.2, 0.25) is 0 Å². The number of aromatic nitrogens is 4. The molecule has 0 bridgehead atoms. The van der Waals surface area contributed by atoms with Crippen LogP contribution in [-0.4, -0.2) is 19.7 Å². The maximum atomic E-state index is 12.4. The molecule has 0 saturated carbocycles. The monoisotopic (exact) mass is 250 g/mol. The number of H-pyrrole nitrogens is 2. The number of para-hydroxylation sites is 1. The summed E-state index contributed by atoms with van der Waals surface area (Å²) in [4.78, 5) is 19.7. The third-order valence-corrected chi connectivity index (χ3v) is 3.26. The molecule has 3 aromatic heterocycles. The molecule has 1 aromatic carbocycles. The molecule has 0 radical (unpaired) electrons. The number of hydrogen-bond donors (Lipinski definition) is 2. The van der Waals surface area contributed by atoms with E-state index in [9.17, 15) is 4.79 Å². The molecule has 0 aliphatic heterocycles. The van der Waals surface area contributed by atoms with Crippen molar-refractivity contribution in [2.75, 3.05) is 0 Å². The van der Waals surface area contributed by atoms with E-state index in [1.165, 1.54) is 0 Å². The third kappa shape index (κ3) is 1.35. The van der Waals surface area contributed by atoms with E-state index in [0.717, 1.165) is 22.2 Å². The molecule has 0 saturated heterocycles. The Morgan fingerprint density at radius 1 is 1.05 bits per heavy atom. The molecule has 2 N–H and O–H groups in total. The van der Waals surface area contributed by atoms with E-state index >= 15 is 0 Å². The largest absolute Gasteiger partial charge is 0.346 e. The van der Waals surface area contributed by atoms with Crippen LogP contribution >= 0.6 is 0 Å². The van der Waals surface area contributed by atoms with E-state index in [1.54, 1.807) is 10.9 Å². The highest BCUT2D eigenvalue weighted by Crippen LogP contribution is 2.19. The molecule has 0 spiro atoms. The Labute approximate surface area is 107 Å². The van der Waals surface area contributed by atoms with Crippen LogP contribution in [0.25, 0.3) is 27.6 Å². The van der Waals surface area contributed by atoms with Crippen molar-refractivity contribution in [2.45, 2.75) is 0 Å². The smallest absolute Gasteiger partial charge is 0.280 e. The van der Waals surface area contributed by atoms with Crippen molar-refractivity contribution in [3.63, 3.8) is 0 Å². The van der Waals surface area contributed by atoms with E-state index < -0.39 is 0 Å². The number of fused-ring (bicyclic) bond motifs is 3. The first-order valence-corrected chi connectivity index (χ1v) is 5.97. The van der Waals surface area contributed by atoms with Crippen LogP contribution in [0.15, 0.2) is 53.6 Å². The zero-order valence-corrected chi connectivity index (χ0v) is 9.92. The van der Waals surface area contributed by atoms with Gasteiger partial charge in [0.15, 0.2) is 0 Å². The van der Waals surface area contributed by atoms with Crippen LogP contribution in [0.4, 0.5) is 0 Å². The van der Waals surface area contributed by atoms with Gasteiger partial charge in [0.2, 0.25) is 0 Å². The minimum absolute atomic E-state index is 0.0863. The predicted molar refractivity (Wildman–Crippen MR) is 73.5 cm³/mol. The summed E-state index contributed by atoms with van der Waals surface area (Å²) in [6, 6.07) is 11.4.